The van der Waals surface area contributed by atoms with E-state index in [-0.39, 0.29) is 6.04 Å². The Balaban J connectivity index is 2.11. The minimum Gasteiger partial charge on any atom is -0.497 e. The van der Waals surface area contributed by atoms with Crippen LogP contribution in [0.2, 0.25) is 0 Å². The average Bonchev–Trinajstić information content (AvgIpc) is 2.93. The van der Waals surface area contributed by atoms with Crippen molar-refractivity contribution in [2.45, 2.75) is 6.04 Å². The number of hydrogen-bond acceptors (Lipinski definition) is 5. The first-order chi connectivity index (χ1) is 10.1. The summed E-state index contributed by atoms with van der Waals surface area (Å²) in [4.78, 5) is 16.0. The third-order valence-electron chi connectivity index (χ3n) is 3.56. The van der Waals surface area contributed by atoms with Crippen molar-refractivity contribution in [3.8, 4) is 5.75 Å². The lowest BCUT2D eigenvalue weighted by molar-refractivity contribution is -0.121. The summed E-state index contributed by atoms with van der Waals surface area (Å²) in [5.74, 6) is 0.210. The fourth-order valence-corrected chi connectivity index (χ4v) is 2.56. The highest BCUT2D eigenvalue weighted by Crippen LogP contribution is 2.37. The summed E-state index contributed by atoms with van der Waals surface area (Å²) in [6.45, 7) is 3.89. The fraction of sp³-hybridized carbons (Fsp3) is 0.214. The highest BCUT2D eigenvalue weighted by molar-refractivity contribution is 5.82. The Morgan fingerprint density at radius 2 is 2.14 bits per heavy atom. The van der Waals surface area contributed by atoms with Crippen LogP contribution in [0.5, 0.6) is 5.75 Å². The van der Waals surface area contributed by atoms with E-state index in [0.29, 0.717) is 11.6 Å². The number of fused-ring (bicyclic) bond motifs is 1. The molecule has 0 fully saturated rings. The van der Waals surface area contributed by atoms with Crippen molar-refractivity contribution < 1.29 is 9.53 Å². The summed E-state index contributed by atoms with van der Waals surface area (Å²) in [6.07, 6.45) is 1.43. The molecule has 0 saturated heterocycles. The number of nitrogens with two attached hydrogens (primary N) is 1. The number of carbonyl (C=O) groups excluding carboxylic acids is 1. The van der Waals surface area contributed by atoms with Crippen molar-refractivity contribution in [3.05, 3.63) is 48.4 Å². The Kier molecular flexibility index (Phi) is 3.09. The van der Waals surface area contributed by atoms with Gasteiger partial charge in [-0.05, 0) is 17.7 Å². The number of ether oxygens (including phenoxy) is 1. The van der Waals surface area contributed by atoms with Gasteiger partial charge >= 0.3 is 0 Å². The molecule has 0 spiro atoms. The second kappa shape index (κ2) is 4.93. The Labute approximate surface area is 121 Å². The van der Waals surface area contributed by atoms with Gasteiger partial charge in [0, 0.05) is 5.70 Å². The minimum atomic E-state index is -0.604. The zero-order chi connectivity index (χ0) is 15.0. The maximum absolute atomic E-state index is 11.8. The van der Waals surface area contributed by atoms with Crippen LogP contribution in [-0.4, -0.2) is 27.8 Å². The van der Waals surface area contributed by atoms with Gasteiger partial charge in [0.25, 0.3) is 0 Å². The molecule has 1 aromatic heterocycles. The first-order valence-corrected chi connectivity index (χ1v) is 6.40. The van der Waals surface area contributed by atoms with Crippen LogP contribution in [0, 0.1) is 5.92 Å². The standard InChI is InChI=1S/C14H15N5O2/c1-8-11(13(15)20)12(19-14(18-8)16-7-17-19)9-3-5-10(21-2)6-4-9/h3-7,11-12H,1H2,2H3,(H2,15,20)(H,16,17,18). The third-order valence-corrected chi connectivity index (χ3v) is 3.56. The van der Waals surface area contributed by atoms with Crippen molar-refractivity contribution in [1.29, 1.82) is 0 Å². The number of hydrogen-bond donors (Lipinski definition) is 2. The quantitative estimate of drug-likeness (QED) is 0.874. The average molecular weight is 285 g/mol. The Bertz CT molecular complexity index is 692. The van der Waals surface area contributed by atoms with Crippen LogP contribution in [0.3, 0.4) is 0 Å². The van der Waals surface area contributed by atoms with E-state index in [2.05, 4.69) is 22.0 Å². The molecule has 2 unspecified atom stereocenters. The minimum absolute atomic E-state index is 0.375. The number of methoxy groups -OCH3 is 1. The lowest BCUT2D eigenvalue weighted by atomic mass is 9.89. The lowest BCUT2D eigenvalue weighted by Gasteiger charge is -2.32. The summed E-state index contributed by atoms with van der Waals surface area (Å²) in [6, 6.07) is 7.04. The number of rotatable bonds is 3. The smallest absolute Gasteiger partial charge is 0.229 e. The summed E-state index contributed by atoms with van der Waals surface area (Å²) >= 11 is 0. The van der Waals surface area contributed by atoms with Crippen LogP contribution in [0.25, 0.3) is 0 Å². The van der Waals surface area contributed by atoms with Crippen molar-refractivity contribution in [2.75, 3.05) is 12.4 Å². The predicted octanol–water partition coefficient (Wildman–Crippen LogP) is 0.917. The molecular formula is C14H15N5O2. The number of amides is 1. The summed E-state index contributed by atoms with van der Waals surface area (Å²) < 4.78 is 6.79. The number of carbonyl (C=O) groups is 1. The number of benzene rings is 1. The molecule has 1 aromatic carbocycles. The number of primary amides is 1. The highest BCUT2D eigenvalue weighted by Gasteiger charge is 2.38. The predicted molar refractivity (Wildman–Crippen MR) is 76.6 cm³/mol. The molecule has 0 aliphatic carbocycles. The normalized spacial score (nSPS) is 20.5. The molecule has 7 heteroatoms. The van der Waals surface area contributed by atoms with Crippen molar-refractivity contribution >= 4 is 11.9 Å². The Morgan fingerprint density at radius 3 is 2.76 bits per heavy atom. The van der Waals surface area contributed by atoms with Gasteiger partial charge < -0.3 is 15.8 Å². The molecule has 1 aliphatic heterocycles. The van der Waals surface area contributed by atoms with Crippen LogP contribution in [0.1, 0.15) is 11.6 Å². The van der Waals surface area contributed by atoms with Gasteiger partial charge in [-0.3, -0.25) is 4.79 Å². The van der Waals surface area contributed by atoms with E-state index >= 15 is 0 Å². The van der Waals surface area contributed by atoms with Gasteiger partial charge in [-0.2, -0.15) is 10.1 Å². The monoisotopic (exact) mass is 285 g/mol. The fourth-order valence-electron chi connectivity index (χ4n) is 2.56. The van der Waals surface area contributed by atoms with E-state index in [1.54, 1.807) is 11.8 Å². The molecule has 2 aromatic rings. The first kappa shape index (κ1) is 13.2. The second-order valence-corrected chi connectivity index (χ2v) is 4.78. The Morgan fingerprint density at radius 1 is 1.43 bits per heavy atom. The van der Waals surface area contributed by atoms with Crippen LogP contribution in [-0.2, 0) is 4.79 Å². The van der Waals surface area contributed by atoms with Crippen LogP contribution in [0.15, 0.2) is 42.9 Å². The molecule has 0 bridgehead atoms. The van der Waals surface area contributed by atoms with Gasteiger partial charge in [0.1, 0.15) is 18.0 Å². The van der Waals surface area contributed by atoms with Gasteiger partial charge in [-0.1, -0.05) is 18.7 Å². The summed E-state index contributed by atoms with van der Waals surface area (Å²) in [7, 11) is 1.60. The second-order valence-electron chi connectivity index (χ2n) is 4.78. The van der Waals surface area contributed by atoms with E-state index in [1.807, 2.05) is 24.3 Å². The molecule has 1 amide bonds. The molecular weight excluding hydrogens is 270 g/mol. The van der Waals surface area contributed by atoms with E-state index in [4.69, 9.17) is 10.5 Å². The van der Waals surface area contributed by atoms with E-state index in [9.17, 15) is 4.79 Å². The van der Waals surface area contributed by atoms with Crippen LogP contribution >= 0.6 is 0 Å². The van der Waals surface area contributed by atoms with Gasteiger partial charge in [0.05, 0.1) is 13.2 Å². The largest absolute Gasteiger partial charge is 0.497 e. The number of nitrogens with one attached hydrogen (secondary N) is 1. The maximum atomic E-state index is 11.8. The van der Waals surface area contributed by atoms with Gasteiger partial charge in [-0.15, -0.1) is 0 Å². The molecule has 1 aliphatic rings. The topological polar surface area (TPSA) is 95.1 Å². The summed E-state index contributed by atoms with van der Waals surface area (Å²) in [5.41, 5.74) is 6.94. The number of nitrogens with zero attached hydrogens (tertiary/aromatic N) is 3. The summed E-state index contributed by atoms with van der Waals surface area (Å²) in [5, 5.41) is 7.15. The molecule has 3 N–H and O–H groups in total. The molecule has 0 saturated carbocycles. The van der Waals surface area contributed by atoms with E-state index in [0.717, 1.165) is 11.3 Å². The molecule has 21 heavy (non-hydrogen) atoms. The van der Waals surface area contributed by atoms with E-state index in [1.165, 1.54) is 6.33 Å². The third kappa shape index (κ3) is 2.12. The van der Waals surface area contributed by atoms with Crippen molar-refractivity contribution in [2.24, 2.45) is 11.7 Å². The maximum Gasteiger partial charge on any atom is 0.229 e. The molecule has 0 radical (unpaired) electrons. The molecule has 7 nitrogen and oxygen atoms in total. The molecule has 2 heterocycles. The molecule has 2 atom stereocenters. The van der Waals surface area contributed by atoms with Crippen LogP contribution in [0.4, 0.5) is 5.95 Å². The molecule has 108 valence electrons. The van der Waals surface area contributed by atoms with Gasteiger partial charge in [-0.25, -0.2) is 4.68 Å². The molecule has 3 rings (SSSR count). The zero-order valence-corrected chi connectivity index (χ0v) is 11.5. The lowest BCUT2D eigenvalue weighted by Crippen LogP contribution is -2.40. The van der Waals surface area contributed by atoms with Crippen molar-refractivity contribution in [3.63, 3.8) is 0 Å². The zero-order valence-electron chi connectivity index (χ0n) is 11.5. The SMILES string of the molecule is C=C1Nc2ncnn2C(c2ccc(OC)cc2)C1C(N)=O. The Hall–Kier alpha value is -2.83. The van der Waals surface area contributed by atoms with Gasteiger partial charge in [0.2, 0.25) is 11.9 Å². The number of aromatic nitrogens is 3. The van der Waals surface area contributed by atoms with E-state index < -0.39 is 11.8 Å². The van der Waals surface area contributed by atoms with Crippen LogP contribution < -0.4 is 15.8 Å². The van der Waals surface area contributed by atoms with Crippen molar-refractivity contribution in [1.82, 2.24) is 14.8 Å². The van der Waals surface area contributed by atoms with Gasteiger partial charge in [0.15, 0.2) is 0 Å². The highest BCUT2D eigenvalue weighted by atomic mass is 16.5. The first-order valence-electron chi connectivity index (χ1n) is 6.40. The number of anilines is 1.